The van der Waals surface area contributed by atoms with Crippen LogP contribution in [0.1, 0.15) is 23.2 Å². The third kappa shape index (κ3) is 2.25. The molecule has 90 valence electrons. The summed E-state index contributed by atoms with van der Waals surface area (Å²) in [5.74, 6) is -2.09. The van der Waals surface area contributed by atoms with Crippen molar-refractivity contribution in [2.45, 2.75) is 18.9 Å². The molecule has 2 heterocycles. The number of carboxylic acid groups (broad SMARTS) is 1. The number of likely N-dealkylation sites (tertiary alicyclic amines) is 1. The molecule has 0 aromatic carbocycles. The quantitative estimate of drug-likeness (QED) is 0.777. The number of halogens is 1. The molecule has 0 saturated carbocycles. The van der Waals surface area contributed by atoms with Crippen molar-refractivity contribution in [3.05, 3.63) is 29.8 Å². The fourth-order valence-corrected chi connectivity index (χ4v) is 1.93. The Morgan fingerprint density at radius 1 is 1.47 bits per heavy atom. The zero-order valence-corrected chi connectivity index (χ0v) is 8.97. The van der Waals surface area contributed by atoms with E-state index in [2.05, 4.69) is 4.98 Å². The normalized spacial score (nSPS) is 19.4. The van der Waals surface area contributed by atoms with Gasteiger partial charge in [0.05, 0.1) is 5.56 Å². The molecule has 1 fully saturated rings. The first-order valence-corrected chi connectivity index (χ1v) is 5.25. The molecule has 1 N–H and O–H groups in total. The Morgan fingerprint density at radius 3 is 2.82 bits per heavy atom. The minimum Gasteiger partial charge on any atom is -0.480 e. The number of carbonyl (C=O) groups is 2. The molecule has 1 aromatic heterocycles. The summed E-state index contributed by atoms with van der Waals surface area (Å²) >= 11 is 0. The predicted molar refractivity (Wildman–Crippen MR) is 55.9 cm³/mol. The molecule has 1 amide bonds. The lowest BCUT2D eigenvalue weighted by Crippen LogP contribution is -2.40. The van der Waals surface area contributed by atoms with Gasteiger partial charge in [-0.05, 0) is 25.0 Å². The highest BCUT2D eigenvalue weighted by Gasteiger charge is 2.34. The number of amides is 1. The molecule has 2 rings (SSSR count). The zero-order chi connectivity index (χ0) is 12.4. The van der Waals surface area contributed by atoms with Crippen molar-refractivity contribution in [3.8, 4) is 0 Å². The van der Waals surface area contributed by atoms with E-state index < -0.39 is 23.9 Å². The first-order chi connectivity index (χ1) is 8.09. The van der Waals surface area contributed by atoms with Crippen LogP contribution in [0.25, 0.3) is 0 Å². The minimum atomic E-state index is -1.01. The lowest BCUT2D eigenvalue weighted by molar-refractivity contribution is -0.141. The molecule has 0 aliphatic carbocycles. The van der Waals surface area contributed by atoms with E-state index in [4.69, 9.17) is 5.11 Å². The van der Waals surface area contributed by atoms with Gasteiger partial charge in [0.2, 0.25) is 5.95 Å². The van der Waals surface area contributed by atoms with Gasteiger partial charge < -0.3 is 10.0 Å². The maximum Gasteiger partial charge on any atom is 0.326 e. The molecule has 0 radical (unpaired) electrons. The largest absolute Gasteiger partial charge is 0.480 e. The van der Waals surface area contributed by atoms with Crippen LogP contribution in [0.3, 0.4) is 0 Å². The second-order valence-corrected chi connectivity index (χ2v) is 3.86. The highest BCUT2D eigenvalue weighted by molar-refractivity contribution is 5.96. The fourth-order valence-electron chi connectivity index (χ4n) is 1.93. The van der Waals surface area contributed by atoms with E-state index in [-0.39, 0.29) is 5.56 Å². The standard InChI is InChI=1S/C11H11FN2O3/c12-9-4-3-7(6-13-9)10(15)14-5-1-2-8(14)11(16)17/h3-4,6,8H,1-2,5H2,(H,16,17)/t8-/m1/s1. The molecule has 1 saturated heterocycles. The van der Waals surface area contributed by atoms with Crippen molar-refractivity contribution >= 4 is 11.9 Å². The van der Waals surface area contributed by atoms with Crippen molar-refractivity contribution in [2.75, 3.05) is 6.54 Å². The fraction of sp³-hybridized carbons (Fsp3) is 0.364. The predicted octanol–water partition coefficient (Wildman–Crippen LogP) is 0.910. The van der Waals surface area contributed by atoms with E-state index in [1.165, 1.54) is 11.0 Å². The maximum absolute atomic E-state index is 12.6. The number of hydrogen-bond donors (Lipinski definition) is 1. The summed E-state index contributed by atoms with van der Waals surface area (Å²) in [6, 6.07) is 1.61. The second kappa shape index (κ2) is 4.48. The summed E-state index contributed by atoms with van der Waals surface area (Å²) in [6.45, 7) is 0.410. The third-order valence-corrected chi connectivity index (χ3v) is 2.77. The van der Waals surface area contributed by atoms with E-state index in [9.17, 15) is 14.0 Å². The van der Waals surface area contributed by atoms with Gasteiger partial charge in [-0.2, -0.15) is 4.39 Å². The summed E-state index contributed by atoms with van der Waals surface area (Å²) < 4.78 is 12.6. The topological polar surface area (TPSA) is 70.5 Å². The van der Waals surface area contributed by atoms with Crippen LogP contribution >= 0.6 is 0 Å². The SMILES string of the molecule is O=C(O)[C@H]1CCCN1C(=O)c1ccc(F)nc1. The van der Waals surface area contributed by atoms with E-state index in [0.29, 0.717) is 19.4 Å². The number of carboxylic acids is 1. The van der Waals surface area contributed by atoms with Crippen LogP contribution in [-0.4, -0.2) is 39.5 Å². The summed E-state index contributed by atoms with van der Waals surface area (Å²) in [7, 11) is 0. The van der Waals surface area contributed by atoms with Crippen molar-refractivity contribution < 1.29 is 19.1 Å². The number of rotatable bonds is 2. The molecule has 17 heavy (non-hydrogen) atoms. The van der Waals surface area contributed by atoms with Crippen LogP contribution in [0.2, 0.25) is 0 Å². The average molecular weight is 238 g/mol. The van der Waals surface area contributed by atoms with Crippen LogP contribution in [0.5, 0.6) is 0 Å². The summed E-state index contributed by atoms with van der Waals surface area (Å²) in [6.07, 6.45) is 2.24. The van der Waals surface area contributed by atoms with E-state index in [1.807, 2.05) is 0 Å². The monoisotopic (exact) mass is 238 g/mol. The van der Waals surface area contributed by atoms with Gasteiger partial charge in [-0.1, -0.05) is 0 Å². The number of aromatic nitrogens is 1. The van der Waals surface area contributed by atoms with Gasteiger partial charge >= 0.3 is 5.97 Å². The second-order valence-electron chi connectivity index (χ2n) is 3.86. The molecule has 1 aromatic rings. The van der Waals surface area contributed by atoms with Gasteiger partial charge in [-0.15, -0.1) is 0 Å². The molecular formula is C11H11FN2O3. The Bertz CT molecular complexity index is 447. The Balaban J connectivity index is 2.19. The number of hydrogen-bond acceptors (Lipinski definition) is 3. The van der Waals surface area contributed by atoms with Crippen molar-refractivity contribution in [1.82, 2.24) is 9.88 Å². The molecular weight excluding hydrogens is 227 g/mol. The van der Waals surface area contributed by atoms with Crippen molar-refractivity contribution in [3.63, 3.8) is 0 Å². The van der Waals surface area contributed by atoms with Crippen LogP contribution in [0.15, 0.2) is 18.3 Å². The summed E-state index contributed by atoms with van der Waals surface area (Å²) in [4.78, 5) is 27.6. The van der Waals surface area contributed by atoms with E-state index in [0.717, 1.165) is 12.3 Å². The van der Waals surface area contributed by atoms with Crippen LogP contribution in [0, 0.1) is 5.95 Å². The Labute approximate surface area is 96.9 Å². The molecule has 0 bridgehead atoms. The zero-order valence-electron chi connectivity index (χ0n) is 8.97. The Morgan fingerprint density at radius 2 is 2.24 bits per heavy atom. The molecule has 6 heteroatoms. The molecule has 1 atom stereocenters. The van der Waals surface area contributed by atoms with Crippen molar-refractivity contribution in [1.29, 1.82) is 0 Å². The lowest BCUT2D eigenvalue weighted by atomic mass is 10.2. The van der Waals surface area contributed by atoms with E-state index >= 15 is 0 Å². The number of nitrogens with zero attached hydrogens (tertiary/aromatic N) is 2. The molecule has 0 spiro atoms. The first kappa shape index (κ1) is 11.5. The number of aliphatic carboxylic acids is 1. The van der Waals surface area contributed by atoms with E-state index in [1.54, 1.807) is 0 Å². The van der Waals surface area contributed by atoms with Gasteiger partial charge in [0.15, 0.2) is 0 Å². The maximum atomic E-state index is 12.6. The molecule has 0 unspecified atom stereocenters. The highest BCUT2D eigenvalue weighted by atomic mass is 19.1. The van der Waals surface area contributed by atoms with Gasteiger partial charge in [-0.25, -0.2) is 9.78 Å². The highest BCUT2D eigenvalue weighted by Crippen LogP contribution is 2.20. The molecule has 1 aliphatic rings. The first-order valence-electron chi connectivity index (χ1n) is 5.25. The van der Waals surface area contributed by atoms with Gasteiger partial charge in [0.1, 0.15) is 6.04 Å². The van der Waals surface area contributed by atoms with Crippen LogP contribution < -0.4 is 0 Å². The summed E-state index contributed by atoms with van der Waals surface area (Å²) in [5, 5.41) is 8.95. The number of pyridine rings is 1. The Kier molecular flexibility index (Phi) is 3.03. The van der Waals surface area contributed by atoms with Crippen LogP contribution in [0.4, 0.5) is 4.39 Å². The minimum absolute atomic E-state index is 0.208. The number of carbonyl (C=O) groups excluding carboxylic acids is 1. The average Bonchev–Trinajstić information content (AvgIpc) is 2.78. The van der Waals surface area contributed by atoms with Crippen LogP contribution in [-0.2, 0) is 4.79 Å². The lowest BCUT2D eigenvalue weighted by Gasteiger charge is -2.21. The molecule has 5 nitrogen and oxygen atoms in total. The molecule has 1 aliphatic heterocycles. The Hall–Kier alpha value is -1.98. The summed E-state index contributed by atoms with van der Waals surface area (Å²) in [5.41, 5.74) is 0.208. The third-order valence-electron chi connectivity index (χ3n) is 2.77. The van der Waals surface area contributed by atoms with Gasteiger partial charge in [-0.3, -0.25) is 4.79 Å². The van der Waals surface area contributed by atoms with Gasteiger partial charge in [0.25, 0.3) is 5.91 Å². The van der Waals surface area contributed by atoms with Crippen molar-refractivity contribution in [2.24, 2.45) is 0 Å². The van der Waals surface area contributed by atoms with Gasteiger partial charge in [0, 0.05) is 12.7 Å². The smallest absolute Gasteiger partial charge is 0.326 e.